The van der Waals surface area contributed by atoms with Crippen molar-refractivity contribution in [2.24, 2.45) is 0 Å². The molecule has 0 saturated heterocycles. The van der Waals surface area contributed by atoms with Crippen molar-refractivity contribution in [3.8, 4) is 21.1 Å². The summed E-state index contributed by atoms with van der Waals surface area (Å²) in [6, 6.07) is 8.40. The number of pyridine rings is 2. The first-order valence-electron chi connectivity index (χ1n) is 8.78. The molecule has 0 amide bonds. The highest BCUT2D eigenvalue weighted by Crippen LogP contribution is 2.32. The van der Waals surface area contributed by atoms with Crippen molar-refractivity contribution in [3.63, 3.8) is 0 Å². The molecule has 5 heteroatoms. The predicted octanol–water partition coefficient (Wildman–Crippen LogP) is 5.49. The Balaban J connectivity index is 1.99. The fourth-order valence-corrected chi connectivity index (χ4v) is 3.97. The number of aromatic nitrogens is 4. The van der Waals surface area contributed by atoms with E-state index in [1.807, 2.05) is 20.8 Å². The van der Waals surface area contributed by atoms with Crippen LogP contribution in [-0.2, 0) is 0 Å². The standard InChI is InChI=1S/C20H24N4S/c1-6-15(7-2)18-11-17(10-14(5)22-18)20-24-23-19(25-20)16-8-12(3)21-13(4)9-16/h8-11,15H,6-7H2,1-5H3. The molecular weight excluding hydrogens is 328 g/mol. The molecule has 0 radical (unpaired) electrons. The molecule has 0 aliphatic heterocycles. The molecule has 0 spiro atoms. The summed E-state index contributed by atoms with van der Waals surface area (Å²) in [5.41, 5.74) is 6.39. The summed E-state index contributed by atoms with van der Waals surface area (Å²) in [7, 11) is 0. The van der Waals surface area contributed by atoms with Gasteiger partial charge in [-0.15, -0.1) is 10.2 Å². The van der Waals surface area contributed by atoms with Gasteiger partial charge in [-0.05, 0) is 57.9 Å². The van der Waals surface area contributed by atoms with Crippen molar-refractivity contribution in [2.45, 2.75) is 53.4 Å². The molecule has 25 heavy (non-hydrogen) atoms. The SMILES string of the molecule is CCC(CC)c1cc(-c2nnc(-c3cc(C)nc(C)c3)s2)cc(C)n1. The fraction of sp³-hybridized carbons (Fsp3) is 0.400. The molecule has 0 bridgehead atoms. The topological polar surface area (TPSA) is 51.6 Å². The van der Waals surface area contributed by atoms with E-state index in [0.29, 0.717) is 5.92 Å². The van der Waals surface area contributed by atoms with E-state index in [1.165, 1.54) is 0 Å². The third kappa shape index (κ3) is 3.93. The van der Waals surface area contributed by atoms with E-state index >= 15 is 0 Å². The van der Waals surface area contributed by atoms with E-state index in [9.17, 15) is 0 Å². The Morgan fingerprint density at radius 2 is 1.24 bits per heavy atom. The second kappa shape index (κ2) is 7.40. The van der Waals surface area contributed by atoms with E-state index < -0.39 is 0 Å². The molecule has 0 aliphatic rings. The van der Waals surface area contributed by atoms with Gasteiger partial charge in [-0.3, -0.25) is 9.97 Å². The normalized spacial score (nSPS) is 11.3. The van der Waals surface area contributed by atoms with Crippen LogP contribution in [0.2, 0.25) is 0 Å². The van der Waals surface area contributed by atoms with Crippen LogP contribution < -0.4 is 0 Å². The summed E-state index contributed by atoms with van der Waals surface area (Å²) in [5.74, 6) is 0.497. The molecular formula is C20H24N4S. The van der Waals surface area contributed by atoms with Gasteiger partial charge in [0.15, 0.2) is 0 Å². The molecule has 3 aromatic heterocycles. The van der Waals surface area contributed by atoms with Crippen molar-refractivity contribution in [1.82, 2.24) is 20.2 Å². The Kier molecular flexibility index (Phi) is 5.23. The second-order valence-electron chi connectivity index (χ2n) is 6.49. The molecule has 0 N–H and O–H groups in total. The Bertz CT molecular complexity index is 861. The predicted molar refractivity (Wildman–Crippen MR) is 104 cm³/mol. The van der Waals surface area contributed by atoms with Crippen molar-refractivity contribution in [3.05, 3.63) is 47.0 Å². The molecule has 3 aromatic rings. The van der Waals surface area contributed by atoms with Crippen LogP contribution in [0.4, 0.5) is 0 Å². The van der Waals surface area contributed by atoms with Crippen molar-refractivity contribution in [1.29, 1.82) is 0 Å². The minimum absolute atomic E-state index is 0.497. The fourth-order valence-electron chi connectivity index (χ4n) is 3.15. The van der Waals surface area contributed by atoms with E-state index in [1.54, 1.807) is 11.3 Å². The highest BCUT2D eigenvalue weighted by molar-refractivity contribution is 7.17. The van der Waals surface area contributed by atoms with E-state index in [0.717, 1.165) is 56.8 Å². The zero-order valence-electron chi connectivity index (χ0n) is 15.5. The molecule has 4 nitrogen and oxygen atoms in total. The molecule has 0 atom stereocenters. The van der Waals surface area contributed by atoms with Crippen molar-refractivity contribution < 1.29 is 0 Å². The quantitative estimate of drug-likeness (QED) is 0.609. The van der Waals surface area contributed by atoms with Crippen LogP contribution in [0.3, 0.4) is 0 Å². The largest absolute Gasteiger partial charge is 0.258 e. The molecule has 0 fully saturated rings. The summed E-state index contributed by atoms with van der Waals surface area (Å²) >= 11 is 1.62. The molecule has 0 unspecified atom stereocenters. The van der Waals surface area contributed by atoms with Gasteiger partial charge in [0.05, 0.1) is 0 Å². The Morgan fingerprint density at radius 1 is 0.760 bits per heavy atom. The van der Waals surface area contributed by atoms with Gasteiger partial charge in [0.1, 0.15) is 10.0 Å². The van der Waals surface area contributed by atoms with Gasteiger partial charge in [-0.25, -0.2) is 0 Å². The number of aryl methyl sites for hydroxylation is 3. The van der Waals surface area contributed by atoms with Crippen LogP contribution in [0, 0.1) is 20.8 Å². The lowest BCUT2D eigenvalue weighted by Gasteiger charge is -2.13. The maximum atomic E-state index is 4.74. The molecule has 130 valence electrons. The van der Waals surface area contributed by atoms with E-state index in [4.69, 9.17) is 4.98 Å². The minimum atomic E-state index is 0.497. The van der Waals surface area contributed by atoms with Gasteiger partial charge < -0.3 is 0 Å². The third-order valence-electron chi connectivity index (χ3n) is 4.38. The molecule has 0 aromatic carbocycles. The van der Waals surface area contributed by atoms with Gasteiger partial charge in [-0.1, -0.05) is 25.2 Å². The molecule has 3 heterocycles. The van der Waals surface area contributed by atoms with Crippen LogP contribution in [0.5, 0.6) is 0 Å². The average molecular weight is 353 g/mol. The van der Waals surface area contributed by atoms with Crippen LogP contribution in [-0.4, -0.2) is 20.2 Å². The van der Waals surface area contributed by atoms with Crippen LogP contribution in [0.1, 0.15) is 55.4 Å². The summed E-state index contributed by atoms with van der Waals surface area (Å²) in [6.07, 6.45) is 2.20. The van der Waals surface area contributed by atoms with E-state index in [2.05, 4.69) is 53.3 Å². The molecule has 0 aliphatic carbocycles. The first kappa shape index (κ1) is 17.7. The highest BCUT2D eigenvalue weighted by atomic mass is 32.1. The lowest BCUT2D eigenvalue weighted by Crippen LogP contribution is -2.01. The maximum absolute atomic E-state index is 4.74. The van der Waals surface area contributed by atoms with Gasteiger partial charge in [0.2, 0.25) is 0 Å². The second-order valence-corrected chi connectivity index (χ2v) is 7.46. The highest BCUT2D eigenvalue weighted by Gasteiger charge is 2.14. The van der Waals surface area contributed by atoms with Gasteiger partial charge >= 0.3 is 0 Å². The van der Waals surface area contributed by atoms with E-state index in [-0.39, 0.29) is 0 Å². The third-order valence-corrected chi connectivity index (χ3v) is 5.40. The number of hydrogen-bond donors (Lipinski definition) is 0. The Hall–Kier alpha value is -2.14. The average Bonchev–Trinajstić information content (AvgIpc) is 3.05. The number of hydrogen-bond acceptors (Lipinski definition) is 5. The zero-order chi connectivity index (χ0) is 18.0. The zero-order valence-corrected chi connectivity index (χ0v) is 16.3. The number of nitrogens with zero attached hydrogens (tertiary/aromatic N) is 4. The lowest BCUT2D eigenvalue weighted by atomic mass is 9.97. The number of rotatable bonds is 5. The molecule has 3 rings (SSSR count). The smallest absolute Gasteiger partial charge is 0.148 e. The Morgan fingerprint density at radius 3 is 1.76 bits per heavy atom. The van der Waals surface area contributed by atoms with Gasteiger partial charge in [0, 0.05) is 39.8 Å². The van der Waals surface area contributed by atoms with Gasteiger partial charge in [-0.2, -0.15) is 0 Å². The monoisotopic (exact) mass is 352 g/mol. The summed E-state index contributed by atoms with van der Waals surface area (Å²) in [5, 5.41) is 10.7. The Labute approximate surface area is 153 Å². The lowest BCUT2D eigenvalue weighted by molar-refractivity contribution is 0.622. The van der Waals surface area contributed by atoms with Crippen molar-refractivity contribution >= 4 is 11.3 Å². The first-order valence-corrected chi connectivity index (χ1v) is 9.60. The summed E-state index contributed by atoms with van der Waals surface area (Å²) in [4.78, 5) is 9.17. The van der Waals surface area contributed by atoms with Crippen molar-refractivity contribution in [2.75, 3.05) is 0 Å². The van der Waals surface area contributed by atoms with Crippen LogP contribution in [0.15, 0.2) is 24.3 Å². The summed E-state index contributed by atoms with van der Waals surface area (Å²) in [6.45, 7) is 10.5. The van der Waals surface area contributed by atoms with Crippen LogP contribution >= 0.6 is 11.3 Å². The van der Waals surface area contributed by atoms with Gasteiger partial charge in [0.25, 0.3) is 0 Å². The van der Waals surface area contributed by atoms with Crippen LogP contribution in [0.25, 0.3) is 21.1 Å². The summed E-state index contributed by atoms with van der Waals surface area (Å²) < 4.78 is 0. The first-order chi connectivity index (χ1) is 12.0. The molecule has 0 saturated carbocycles. The maximum Gasteiger partial charge on any atom is 0.148 e. The minimum Gasteiger partial charge on any atom is -0.258 e.